The van der Waals surface area contributed by atoms with Crippen molar-refractivity contribution in [3.63, 3.8) is 0 Å². The summed E-state index contributed by atoms with van der Waals surface area (Å²) in [4.78, 5) is 22.8. The fraction of sp³-hybridized carbons (Fsp3) is 0.0667. The Balaban J connectivity index is 1.98. The van der Waals surface area contributed by atoms with Crippen LogP contribution in [0.5, 0.6) is 0 Å². The second-order valence-corrected chi connectivity index (χ2v) is 4.72. The monoisotopic (exact) mass is 304 g/mol. The van der Waals surface area contributed by atoms with Gasteiger partial charge in [-0.25, -0.2) is 9.59 Å². The minimum atomic E-state index is -1.10. The molecule has 0 saturated carbocycles. The Morgan fingerprint density at radius 3 is 2.57 bits per heavy atom. The number of anilines is 1. The lowest BCUT2D eigenvalue weighted by molar-refractivity contribution is 0.0698. The van der Waals surface area contributed by atoms with Crippen LogP contribution in [-0.2, 0) is 6.54 Å². The van der Waals surface area contributed by atoms with Gasteiger partial charge in [-0.3, -0.25) is 0 Å². The highest BCUT2D eigenvalue weighted by atomic mass is 35.5. The number of hydrogen-bond donors (Lipinski definition) is 3. The van der Waals surface area contributed by atoms with Gasteiger partial charge in [0.2, 0.25) is 0 Å². The predicted octanol–water partition coefficient (Wildman–Crippen LogP) is 3.36. The van der Waals surface area contributed by atoms with E-state index in [1.807, 2.05) is 6.07 Å². The van der Waals surface area contributed by atoms with Crippen LogP contribution in [0.1, 0.15) is 15.9 Å². The van der Waals surface area contributed by atoms with Crippen LogP contribution < -0.4 is 10.6 Å². The first-order valence-electron chi connectivity index (χ1n) is 6.18. The van der Waals surface area contributed by atoms with Crippen molar-refractivity contribution < 1.29 is 14.7 Å². The second-order valence-electron chi connectivity index (χ2n) is 4.29. The Kier molecular flexibility index (Phi) is 4.79. The average molecular weight is 305 g/mol. The molecule has 0 aliphatic heterocycles. The number of amides is 2. The fourth-order valence-corrected chi connectivity index (χ4v) is 1.99. The largest absolute Gasteiger partial charge is 0.478 e. The summed E-state index contributed by atoms with van der Waals surface area (Å²) < 4.78 is 0. The van der Waals surface area contributed by atoms with Gasteiger partial charge in [0.15, 0.2) is 0 Å². The molecule has 2 aromatic rings. The van der Waals surface area contributed by atoms with E-state index in [9.17, 15) is 9.59 Å². The molecule has 0 aliphatic rings. The van der Waals surface area contributed by atoms with Gasteiger partial charge in [-0.1, -0.05) is 35.9 Å². The zero-order valence-corrected chi connectivity index (χ0v) is 11.7. The summed E-state index contributed by atoms with van der Waals surface area (Å²) in [7, 11) is 0. The van der Waals surface area contributed by atoms with Gasteiger partial charge in [0.1, 0.15) is 0 Å². The number of hydrogen-bond acceptors (Lipinski definition) is 2. The summed E-state index contributed by atoms with van der Waals surface area (Å²) in [5, 5.41) is 14.8. The highest BCUT2D eigenvalue weighted by molar-refractivity contribution is 6.30. The van der Waals surface area contributed by atoms with E-state index in [-0.39, 0.29) is 11.3 Å². The van der Waals surface area contributed by atoms with Crippen LogP contribution in [0.4, 0.5) is 10.5 Å². The lowest BCUT2D eigenvalue weighted by Crippen LogP contribution is -2.28. The Bertz CT molecular complexity index is 673. The molecule has 0 fully saturated rings. The highest BCUT2D eigenvalue weighted by Crippen LogP contribution is 2.15. The molecule has 108 valence electrons. The number of carboxylic acids is 1. The molecule has 6 heteroatoms. The number of para-hydroxylation sites is 1. The lowest BCUT2D eigenvalue weighted by atomic mass is 10.2. The molecular weight excluding hydrogens is 292 g/mol. The second kappa shape index (κ2) is 6.76. The van der Waals surface area contributed by atoms with Gasteiger partial charge in [0.25, 0.3) is 0 Å². The van der Waals surface area contributed by atoms with Crippen molar-refractivity contribution in [2.45, 2.75) is 6.54 Å². The topological polar surface area (TPSA) is 78.4 Å². The summed E-state index contributed by atoms with van der Waals surface area (Å²) in [6, 6.07) is 12.8. The van der Waals surface area contributed by atoms with E-state index in [1.165, 1.54) is 12.1 Å². The number of aromatic carboxylic acids is 1. The molecule has 5 nitrogen and oxygen atoms in total. The van der Waals surface area contributed by atoms with Crippen molar-refractivity contribution >= 4 is 29.3 Å². The molecule has 0 atom stereocenters. The van der Waals surface area contributed by atoms with Crippen molar-refractivity contribution in [3.8, 4) is 0 Å². The maximum atomic E-state index is 11.8. The number of carbonyl (C=O) groups excluding carboxylic acids is 1. The first-order chi connectivity index (χ1) is 10.1. The zero-order valence-electron chi connectivity index (χ0n) is 11.0. The van der Waals surface area contributed by atoms with Crippen molar-refractivity contribution in [3.05, 3.63) is 64.7 Å². The summed E-state index contributed by atoms with van der Waals surface area (Å²) in [5.74, 6) is -1.10. The number of carbonyl (C=O) groups is 2. The molecule has 2 aromatic carbocycles. The molecule has 0 heterocycles. The Morgan fingerprint density at radius 1 is 1.10 bits per heavy atom. The van der Waals surface area contributed by atoms with Gasteiger partial charge in [-0.15, -0.1) is 0 Å². The molecule has 0 saturated heterocycles. The third-order valence-corrected chi connectivity index (χ3v) is 2.98. The third-order valence-electron chi connectivity index (χ3n) is 2.75. The Labute approximate surface area is 126 Å². The Morgan fingerprint density at radius 2 is 1.86 bits per heavy atom. The molecule has 0 aliphatic carbocycles. The van der Waals surface area contributed by atoms with Gasteiger partial charge < -0.3 is 15.7 Å². The summed E-state index contributed by atoms with van der Waals surface area (Å²) in [6.45, 7) is 0.293. The third kappa shape index (κ3) is 4.22. The van der Waals surface area contributed by atoms with Crippen LogP contribution in [0, 0.1) is 0 Å². The molecule has 21 heavy (non-hydrogen) atoms. The van der Waals surface area contributed by atoms with E-state index in [0.29, 0.717) is 11.6 Å². The van der Waals surface area contributed by atoms with Crippen molar-refractivity contribution in [1.82, 2.24) is 5.32 Å². The smallest absolute Gasteiger partial charge is 0.337 e. The maximum absolute atomic E-state index is 11.8. The molecule has 0 bridgehead atoms. The number of nitrogens with one attached hydrogen (secondary N) is 2. The van der Waals surface area contributed by atoms with Gasteiger partial charge in [-0.05, 0) is 29.8 Å². The molecule has 0 aromatic heterocycles. The van der Waals surface area contributed by atoms with Gasteiger partial charge in [-0.2, -0.15) is 0 Å². The van der Waals surface area contributed by atoms with Crippen LogP contribution in [0.25, 0.3) is 0 Å². The summed E-state index contributed by atoms with van der Waals surface area (Å²) in [5.41, 5.74) is 1.13. The first-order valence-corrected chi connectivity index (χ1v) is 6.55. The van der Waals surface area contributed by atoms with E-state index >= 15 is 0 Å². The predicted molar refractivity (Wildman–Crippen MR) is 80.7 cm³/mol. The van der Waals surface area contributed by atoms with Crippen molar-refractivity contribution in [2.75, 3.05) is 5.32 Å². The minimum absolute atomic E-state index is 0.0374. The molecule has 3 N–H and O–H groups in total. The summed E-state index contributed by atoms with van der Waals surface area (Å²) in [6.07, 6.45) is 0. The van der Waals surface area contributed by atoms with Crippen LogP contribution in [0.2, 0.25) is 5.02 Å². The minimum Gasteiger partial charge on any atom is -0.478 e. The van der Waals surface area contributed by atoms with Gasteiger partial charge >= 0.3 is 12.0 Å². The summed E-state index contributed by atoms with van der Waals surface area (Å²) >= 11 is 5.85. The van der Waals surface area contributed by atoms with Crippen LogP contribution in [-0.4, -0.2) is 17.1 Å². The average Bonchev–Trinajstić information content (AvgIpc) is 2.45. The van der Waals surface area contributed by atoms with E-state index < -0.39 is 12.0 Å². The Hall–Kier alpha value is -2.53. The van der Waals surface area contributed by atoms with E-state index in [2.05, 4.69) is 10.6 Å². The van der Waals surface area contributed by atoms with Crippen LogP contribution >= 0.6 is 11.6 Å². The maximum Gasteiger partial charge on any atom is 0.337 e. The molecule has 0 spiro atoms. The van der Waals surface area contributed by atoms with Crippen LogP contribution in [0.3, 0.4) is 0 Å². The molecule has 0 unspecified atom stereocenters. The van der Waals surface area contributed by atoms with Gasteiger partial charge in [0.05, 0.1) is 11.3 Å². The molecular formula is C15H13ClN2O3. The number of halogens is 1. The van der Waals surface area contributed by atoms with E-state index in [0.717, 1.165) is 5.56 Å². The van der Waals surface area contributed by atoms with Crippen LogP contribution in [0.15, 0.2) is 48.5 Å². The highest BCUT2D eigenvalue weighted by Gasteiger charge is 2.11. The number of rotatable bonds is 4. The first kappa shape index (κ1) is 14.9. The van der Waals surface area contributed by atoms with Crippen molar-refractivity contribution in [2.24, 2.45) is 0 Å². The lowest BCUT2D eigenvalue weighted by Gasteiger charge is -2.10. The number of carboxylic acid groups (broad SMARTS) is 1. The SMILES string of the molecule is O=C(NCc1cccc(Cl)c1)Nc1ccccc1C(=O)O. The molecule has 2 rings (SSSR count). The normalized spacial score (nSPS) is 9.95. The fourth-order valence-electron chi connectivity index (χ4n) is 1.77. The quantitative estimate of drug-likeness (QED) is 0.810. The number of urea groups is 1. The van der Waals surface area contributed by atoms with E-state index in [1.54, 1.807) is 30.3 Å². The molecule has 2 amide bonds. The van der Waals surface area contributed by atoms with Crippen molar-refractivity contribution in [1.29, 1.82) is 0 Å². The van der Waals surface area contributed by atoms with E-state index in [4.69, 9.17) is 16.7 Å². The molecule has 0 radical (unpaired) electrons. The van der Waals surface area contributed by atoms with Gasteiger partial charge in [0, 0.05) is 11.6 Å². The zero-order chi connectivity index (χ0) is 15.2. The standard InChI is InChI=1S/C15H13ClN2O3/c16-11-5-3-4-10(8-11)9-17-15(21)18-13-7-2-1-6-12(13)14(19)20/h1-8H,9H2,(H,19,20)(H2,17,18,21). The number of benzene rings is 2.